The normalized spacial score (nSPS) is 10.8. The van der Waals surface area contributed by atoms with Crippen LogP contribution in [0.25, 0.3) is 17.4 Å². The lowest BCUT2D eigenvalue weighted by Gasteiger charge is -1.96. The zero-order valence-corrected chi connectivity index (χ0v) is 12.6. The van der Waals surface area contributed by atoms with E-state index in [1.807, 2.05) is 6.07 Å². The average Bonchev–Trinajstić information content (AvgIpc) is 3.09. The molecule has 5 heteroatoms. The molecule has 24 heavy (non-hydrogen) atoms. The first-order valence-electron chi connectivity index (χ1n) is 7.25. The highest BCUT2D eigenvalue weighted by molar-refractivity contribution is 6.06. The number of ketones is 1. The molecule has 0 amide bonds. The van der Waals surface area contributed by atoms with Gasteiger partial charge in [0, 0.05) is 23.3 Å². The maximum atomic E-state index is 12.0. The lowest BCUT2D eigenvalue weighted by atomic mass is 10.1. The highest BCUT2D eigenvalue weighted by Gasteiger charge is 2.08. The van der Waals surface area contributed by atoms with Gasteiger partial charge in [0.1, 0.15) is 11.5 Å². The summed E-state index contributed by atoms with van der Waals surface area (Å²) in [6.45, 7) is 0. The molecule has 0 atom stereocenters. The monoisotopic (exact) mass is 319 g/mol. The molecule has 0 saturated heterocycles. The third-order valence-electron chi connectivity index (χ3n) is 3.45. The Kier molecular flexibility index (Phi) is 4.34. The van der Waals surface area contributed by atoms with Gasteiger partial charge in [-0.15, -0.1) is 0 Å². The van der Waals surface area contributed by atoms with Crippen LogP contribution in [0.4, 0.5) is 5.69 Å². The quantitative estimate of drug-likeness (QED) is 0.294. The van der Waals surface area contributed by atoms with E-state index in [9.17, 15) is 14.9 Å². The van der Waals surface area contributed by atoms with Crippen molar-refractivity contribution in [2.24, 2.45) is 0 Å². The molecule has 5 nitrogen and oxygen atoms in total. The summed E-state index contributed by atoms with van der Waals surface area (Å²) in [5, 5.41) is 10.7. The van der Waals surface area contributed by atoms with Gasteiger partial charge in [-0.05, 0) is 36.4 Å². The molecule has 0 aliphatic heterocycles. The standard InChI is InChI=1S/C19H13NO4/c21-18(14-4-2-1-3-5-14)12-10-17-11-13-19(24-17)15-6-8-16(9-7-15)20(22)23/h1-13H. The van der Waals surface area contributed by atoms with Crippen molar-refractivity contribution in [3.05, 3.63) is 94.2 Å². The molecule has 0 radical (unpaired) electrons. The number of nitro groups is 1. The van der Waals surface area contributed by atoms with E-state index in [4.69, 9.17) is 4.42 Å². The molecule has 0 aliphatic carbocycles. The number of rotatable bonds is 5. The van der Waals surface area contributed by atoms with E-state index in [1.165, 1.54) is 18.2 Å². The van der Waals surface area contributed by atoms with Crippen LogP contribution in [-0.2, 0) is 0 Å². The summed E-state index contributed by atoms with van der Waals surface area (Å²) < 4.78 is 5.65. The van der Waals surface area contributed by atoms with E-state index in [2.05, 4.69) is 0 Å². The van der Waals surface area contributed by atoms with Crippen molar-refractivity contribution in [3.63, 3.8) is 0 Å². The van der Waals surface area contributed by atoms with Gasteiger partial charge in [0.15, 0.2) is 5.78 Å². The van der Waals surface area contributed by atoms with Crippen LogP contribution in [-0.4, -0.2) is 10.7 Å². The van der Waals surface area contributed by atoms with E-state index in [0.29, 0.717) is 17.1 Å². The van der Waals surface area contributed by atoms with Crippen molar-refractivity contribution in [2.75, 3.05) is 0 Å². The van der Waals surface area contributed by atoms with Gasteiger partial charge in [0.2, 0.25) is 0 Å². The lowest BCUT2D eigenvalue weighted by molar-refractivity contribution is -0.384. The van der Waals surface area contributed by atoms with Crippen molar-refractivity contribution >= 4 is 17.5 Å². The van der Waals surface area contributed by atoms with Crippen LogP contribution in [0.1, 0.15) is 16.1 Å². The van der Waals surface area contributed by atoms with Crippen molar-refractivity contribution in [2.45, 2.75) is 0 Å². The minimum Gasteiger partial charge on any atom is -0.457 e. The maximum absolute atomic E-state index is 12.0. The van der Waals surface area contributed by atoms with E-state index < -0.39 is 4.92 Å². The molecular formula is C19H13NO4. The first-order valence-corrected chi connectivity index (χ1v) is 7.25. The Morgan fingerprint density at radius 3 is 2.33 bits per heavy atom. The van der Waals surface area contributed by atoms with Crippen LogP contribution in [0.5, 0.6) is 0 Å². The summed E-state index contributed by atoms with van der Waals surface area (Å²) in [6, 6.07) is 18.6. The number of hydrogen-bond donors (Lipinski definition) is 0. The van der Waals surface area contributed by atoms with Gasteiger partial charge >= 0.3 is 0 Å². The third-order valence-corrected chi connectivity index (χ3v) is 3.45. The van der Waals surface area contributed by atoms with Gasteiger partial charge < -0.3 is 4.42 Å². The van der Waals surface area contributed by atoms with Gasteiger partial charge in [-0.1, -0.05) is 30.3 Å². The van der Waals surface area contributed by atoms with Gasteiger partial charge in [0.25, 0.3) is 5.69 Å². The average molecular weight is 319 g/mol. The van der Waals surface area contributed by atoms with Crippen LogP contribution >= 0.6 is 0 Å². The van der Waals surface area contributed by atoms with E-state index >= 15 is 0 Å². The molecular weight excluding hydrogens is 306 g/mol. The predicted molar refractivity (Wildman–Crippen MR) is 90.6 cm³/mol. The van der Waals surface area contributed by atoms with Crippen LogP contribution in [0.3, 0.4) is 0 Å². The fraction of sp³-hybridized carbons (Fsp3) is 0. The number of benzene rings is 2. The Morgan fingerprint density at radius 2 is 1.67 bits per heavy atom. The summed E-state index contributed by atoms with van der Waals surface area (Å²) >= 11 is 0. The van der Waals surface area contributed by atoms with E-state index in [1.54, 1.807) is 54.6 Å². The summed E-state index contributed by atoms with van der Waals surface area (Å²) in [4.78, 5) is 22.2. The smallest absolute Gasteiger partial charge is 0.269 e. The fourth-order valence-electron chi connectivity index (χ4n) is 2.20. The zero-order valence-electron chi connectivity index (χ0n) is 12.6. The molecule has 0 saturated carbocycles. The Hall–Kier alpha value is -3.47. The molecule has 0 bridgehead atoms. The minimum atomic E-state index is -0.449. The summed E-state index contributed by atoms with van der Waals surface area (Å²) in [5.74, 6) is 1.01. The molecule has 1 aromatic heterocycles. The first kappa shape index (κ1) is 15.4. The van der Waals surface area contributed by atoms with Crippen molar-refractivity contribution in [3.8, 4) is 11.3 Å². The number of hydrogen-bond acceptors (Lipinski definition) is 4. The van der Waals surface area contributed by atoms with Gasteiger partial charge in [-0.2, -0.15) is 0 Å². The highest BCUT2D eigenvalue weighted by Crippen LogP contribution is 2.25. The second-order valence-electron chi connectivity index (χ2n) is 5.07. The van der Waals surface area contributed by atoms with Gasteiger partial charge in [-0.3, -0.25) is 14.9 Å². The predicted octanol–water partition coefficient (Wildman–Crippen LogP) is 4.75. The summed E-state index contributed by atoms with van der Waals surface area (Å²) in [6.07, 6.45) is 3.05. The van der Waals surface area contributed by atoms with E-state index in [0.717, 1.165) is 5.56 Å². The highest BCUT2D eigenvalue weighted by atomic mass is 16.6. The van der Waals surface area contributed by atoms with Crippen LogP contribution in [0, 0.1) is 10.1 Å². The van der Waals surface area contributed by atoms with Crippen LogP contribution < -0.4 is 0 Å². The maximum Gasteiger partial charge on any atom is 0.269 e. The van der Waals surface area contributed by atoms with Crippen LogP contribution in [0.15, 0.2) is 77.2 Å². The molecule has 1 heterocycles. The van der Waals surface area contributed by atoms with Crippen LogP contribution in [0.2, 0.25) is 0 Å². The zero-order chi connectivity index (χ0) is 16.9. The number of allylic oxidation sites excluding steroid dienone is 1. The Bertz CT molecular complexity index is 893. The second kappa shape index (κ2) is 6.75. The summed E-state index contributed by atoms with van der Waals surface area (Å²) in [7, 11) is 0. The second-order valence-corrected chi connectivity index (χ2v) is 5.07. The molecule has 0 fully saturated rings. The Balaban J connectivity index is 1.74. The van der Waals surface area contributed by atoms with Gasteiger partial charge in [-0.25, -0.2) is 0 Å². The molecule has 0 unspecified atom stereocenters. The first-order chi connectivity index (χ1) is 11.6. The van der Waals surface area contributed by atoms with Crippen molar-refractivity contribution < 1.29 is 14.1 Å². The Labute approximate surface area is 138 Å². The molecule has 3 aromatic rings. The number of carbonyl (C=O) groups is 1. The SMILES string of the molecule is O=C(C=Cc1ccc(-c2ccc([N+](=O)[O-])cc2)o1)c1ccccc1. The third kappa shape index (κ3) is 3.47. The largest absolute Gasteiger partial charge is 0.457 e. The molecule has 0 spiro atoms. The number of non-ortho nitro benzene ring substituents is 1. The number of nitro benzene ring substituents is 1. The minimum absolute atomic E-state index is 0.0267. The molecule has 118 valence electrons. The number of furan rings is 1. The topological polar surface area (TPSA) is 73.3 Å². The molecule has 0 N–H and O–H groups in total. The fourth-order valence-corrected chi connectivity index (χ4v) is 2.20. The number of carbonyl (C=O) groups excluding carboxylic acids is 1. The van der Waals surface area contributed by atoms with Crippen molar-refractivity contribution in [1.82, 2.24) is 0 Å². The molecule has 2 aromatic carbocycles. The molecule has 0 aliphatic rings. The van der Waals surface area contributed by atoms with E-state index in [-0.39, 0.29) is 11.5 Å². The van der Waals surface area contributed by atoms with Gasteiger partial charge in [0.05, 0.1) is 4.92 Å². The summed E-state index contributed by atoms with van der Waals surface area (Å²) in [5.41, 5.74) is 1.37. The molecule has 3 rings (SSSR count). The van der Waals surface area contributed by atoms with Crippen molar-refractivity contribution in [1.29, 1.82) is 0 Å². The Morgan fingerprint density at radius 1 is 0.958 bits per heavy atom. The lowest BCUT2D eigenvalue weighted by Crippen LogP contribution is -1.92. The number of nitrogens with zero attached hydrogens (tertiary/aromatic N) is 1.